The van der Waals surface area contributed by atoms with Gasteiger partial charge >= 0.3 is 0 Å². The van der Waals surface area contributed by atoms with Crippen LogP contribution in [0.15, 0.2) is 23.6 Å². The summed E-state index contributed by atoms with van der Waals surface area (Å²) in [5.41, 5.74) is 1.18. The van der Waals surface area contributed by atoms with Crippen LogP contribution < -0.4 is 10.6 Å². The molecule has 2 rings (SSSR count). The van der Waals surface area contributed by atoms with E-state index in [-0.39, 0.29) is 24.0 Å². The fraction of sp³-hybridized carbons (Fsp3) is 0.500. The number of halogens is 1. The molecular weight excluding hydrogens is 411 g/mol. The highest BCUT2D eigenvalue weighted by Crippen LogP contribution is 2.10. The molecule has 2 aromatic heterocycles. The van der Waals surface area contributed by atoms with E-state index in [0.29, 0.717) is 0 Å². The molecule has 0 aromatic carbocycles. The SMILES string of the molecule is CN=C(NCCc1ncc(C)s1)NCCn1cc(C)cn1.I. The second-order valence-electron chi connectivity index (χ2n) is 4.82. The minimum absolute atomic E-state index is 0. The zero-order valence-corrected chi connectivity index (χ0v) is 16.3. The first-order valence-electron chi connectivity index (χ1n) is 7.02. The average Bonchev–Trinajstić information content (AvgIpc) is 3.06. The van der Waals surface area contributed by atoms with E-state index in [1.165, 1.54) is 10.4 Å². The third kappa shape index (κ3) is 6.30. The van der Waals surface area contributed by atoms with Gasteiger partial charge in [-0.2, -0.15) is 5.10 Å². The van der Waals surface area contributed by atoms with Gasteiger partial charge in [-0.3, -0.25) is 9.67 Å². The van der Waals surface area contributed by atoms with Crippen molar-refractivity contribution in [3.8, 4) is 0 Å². The fourth-order valence-corrected chi connectivity index (χ4v) is 2.69. The van der Waals surface area contributed by atoms with E-state index in [2.05, 4.69) is 32.6 Å². The molecule has 0 spiro atoms. The topological polar surface area (TPSA) is 67.1 Å². The minimum Gasteiger partial charge on any atom is -0.356 e. The van der Waals surface area contributed by atoms with Gasteiger partial charge in [-0.15, -0.1) is 35.3 Å². The lowest BCUT2D eigenvalue weighted by molar-refractivity contribution is 0.597. The predicted molar refractivity (Wildman–Crippen MR) is 102 cm³/mol. The quantitative estimate of drug-likeness (QED) is 0.415. The maximum absolute atomic E-state index is 4.35. The van der Waals surface area contributed by atoms with Crippen LogP contribution >= 0.6 is 35.3 Å². The first-order valence-corrected chi connectivity index (χ1v) is 7.84. The summed E-state index contributed by atoms with van der Waals surface area (Å²) in [5, 5.41) is 12.0. The van der Waals surface area contributed by atoms with Crippen LogP contribution in [0.25, 0.3) is 0 Å². The molecule has 22 heavy (non-hydrogen) atoms. The van der Waals surface area contributed by atoms with Crippen LogP contribution in [0.5, 0.6) is 0 Å². The molecular formula is C14H23IN6S. The highest BCUT2D eigenvalue weighted by molar-refractivity contribution is 14.0. The molecule has 6 nitrogen and oxygen atoms in total. The monoisotopic (exact) mass is 434 g/mol. The number of nitrogens with one attached hydrogen (secondary N) is 2. The molecule has 2 N–H and O–H groups in total. The number of hydrogen-bond donors (Lipinski definition) is 2. The molecule has 0 amide bonds. The Morgan fingerprint density at radius 3 is 2.64 bits per heavy atom. The maximum atomic E-state index is 4.35. The number of aromatic nitrogens is 3. The van der Waals surface area contributed by atoms with Gasteiger partial charge in [0.15, 0.2) is 5.96 Å². The van der Waals surface area contributed by atoms with Gasteiger partial charge in [0.2, 0.25) is 0 Å². The van der Waals surface area contributed by atoms with Gasteiger partial charge in [0, 0.05) is 43.8 Å². The van der Waals surface area contributed by atoms with Crippen molar-refractivity contribution in [3.05, 3.63) is 34.0 Å². The Morgan fingerprint density at radius 2 is 2.05 bits per heavy atom. The third-order valence-corrected chi connectivity index (χ3v) is 3.89. The number of aryl methyl sites for hydroxylation is 2. The van der Waals surface area contributed by atoms with Crippen LogP contribution in [0.2, 0.25) is 0 Å². The van der Waals surface area contributed by atoms with Crippen molar-refractivity contribution in [1.82, 2.24) is 25.4 Å². The maximum Gasteiger partial charge on any atom is 0.191 e. The second-order valence-corrected chi connectivity index (χ2v) is 6.14. The summed E-state index contributed by atoms with van der Waals surface area (Å²) in [4.78, 5) is 9.81. The number of hydrogen-bond acceptors (Lipinski definition) is 4. The van der Waals surface area contributed by atoms with Crippen LogP contribution in [-0.2, 0) is 13.0 Å². The van der Waals surface area contributed by atoms with E-state index >= 15 is 0 Å². The summed E-state index contributed by atoms with van der Waals surface area (Å²) in [6.45, 7) is 6.55. The second kappa shape index (κ2) is 9.78. The predicted octanol–water partition coefficient (Wildman–Crippen LogP) is 1.98. The average molecular weight is 434 g/mol. The van der Waals surface area contributed by atoms with Crippen LogP contribution in [0.4, 0.5) is 0 Å². The standard InChI is InChI=1S/C14H22N6S.HI/c1-11-8-19-20(10-11)7-6-17-14(15-3)16-5-4-13-18-9-12(2)21-13;/h8-10H,4-7H2,1-3H3,(H2,15,16,17);1H. The lowest BCUT2D eigenvalue weighted by Gasteiger charge is -2.11. The number of guanidine groups is 1. The first kappa shape index (κ1) is 18.9. The molecule has 8 heteroatoms. The van der Waals surface area contributed by atoms with Crippen molar-refractivity contribution in [1.29, 1.82) is 0 Å². The Balaban J connectivity index is 0.00000242. The van der Waals surface area contributed by atoms with E-state index in [1.54, 1.807) is 18.4 Å². The van der Waals surface area contributed by atoms with E-state index in [0.717, 1.165) is 37.0 Å². The summed E-state index contributed by atoms with van der Waals surface area (Å²) in [5.74, 6) is 0.812. The number of nitrogens with zero attached hydrogens (tertiary/aromatic N) is 4. The Kier molecular flexibility index (Phi) is 8.39. The fourth-order valence-electron chi connectivity index (χ4n) is 1.90. The molecule has 0 radical (unpaired) electrons. The molecule has 2 aromatic rings. The molecule has 0 bridgehead atoms. The highest BCUT2D eigenvalue weighted by atomic mass is 127. The zero-order valence-electron chi connectivity index (χ0n) is 13.2. The van der Waals surface area contributed by atoms with Crippen molar-refractivity contribution < 1.29 is 0 Å². The van der Waals surface area contributed by atoms with E-state index in [9.17, 15) is 0 Å². The summed E-state index contributed by atoms with van der Waals surface area (Å²) in [6, 6.07) is 0. The zero-order chi connectivity index (χ0) is 15.1. The molecule has 0 saturated heterocycles. The van der Waals surface area contributed by atoms with Crippen LogP contribution in [-0.4, -0.2) is 40.9 Å². The number of aliphatic imine (C=N–C) groups is 1. The largest absolute Gasteiger partial charge is 0.356 e. The molecule has 2 heterocycles. The Morgan fingerprint density at radius 1 is 1.27 bits per heavy atom. The minimum atomic E-state index is 0. The van der Waals surface area contributed by atoms with E-state index in [4.69, 9.17) is 0 Å². The van der Waals surface area contributed by atoms with Gasteiger partial charge in [0.05, 0.1) is 17.7 Å². The summed E-state index contributed by atoms with van der Waals surface area (Å²) in [7, 11) is 1.78. The Hall–Kier alpha value is -1.16. The first-order chi connectivity index (χ1) is 10.2. The normalized spacial score (nSPS) is 11.1. The van der Waals surface area contributed by atoms with Crippen molar-refractivity contribution in [2.75, 3.05) is 20.1 Å². The molecule has 0 aliphatic carbocycles. The van der Waals surface area contributed by atoms with Gasteiger partial charge in [-0.25, -0.2) is 4.98 Å². The number of thiazole rings is 1. The molecule has 122 valence electrons. The number of rotatable bonds is 6. The van der Waals surface area contributed by atoms with Crippen LogP contribution in [0.3, 0.4) is 0 Å². The molecule has 0 atom stereocenters. The van der Waals surface area contributed by atoms with Crippen LogP contribution in [0.1, 0.15) is 15.4 Å². The van der Waals surface area contributed by atoms with Crippen molar-refractivity contribution in [3.63, 3.8) is 0 Å². The summed E-state index contributed by atoms with van der Waals surface area (Å²) >= 11 is 1.74. The Labute approximate surface area is 152 Å². The van der Waals surface area contributed by atoms with Crippen LogP contribution in [0, 0.1) is 13.8 Å². The van der Waals surface area contributed by atoms with Crippen molar-refractivity contribution in [2.45, 2.75) is 26.8 Å². The van der Waals surface area contributed by atoms with Gasteiger partial charge in [0.1, 0.15) is 0 Å². The lowest BCUT2D eigenvalue weighted by atomic mass is 10.4. The summed E-state index contributed by atoms with van der Waals surface area (Å²) in [6.07, 6.45) is 6.72. The van der Waals surface area contributed by atoms with Gasteiger partial charge in [-0.1, -0.05) is 0 Å². The molecule has 0 aliphatic heterocycles. The van der Waals surface area contributed by atoms with Gasteiger partial charge in [0.25, 0.3) is 0 Å². The van der Waals surface area contributed by atoms with Crippen molar-refractivity contribution in [2.24, 2.45) is 4.99 Å². The highest BCUT2D eigenvalue weighted by Gasteiger charge is 2.01. The Bertz CT molecular complexity index is 543. The smallest absolute Gasteiger partial charge is 0.191 e. The van der Waals surface area contributed by atoms with Gasteiger partial charge in [-0.05, 0) is 19.4 Å². The van der Waals surface area contributed by atoms with Gasteiger partial charge < -0.3 is 10.6 Å². The third-order valence-electron chi connectivity index (χ3n) is 2.92. The molecule has 0 aliphatic rings. The van der Waals surface area contributed by atoms with E-state index in [1.807, 2.05) is 30.2 Å². The lowest BCUT2D eigenvalue weighted by Crippen LogP contribution is -2.39. The van der Waals surface area contributed by atoms with Crippen molar-refractivity contribution >= 4 is 41.3 Å². The summed E-state index contributed by atoms with van der Waals surface area (Å²) < 4.78 is 1.92. The molecule has 0 fully saturated rings. The molecule has 0 saturated carbocycles. The van der Waals surface area contributed by atoms with E-state index < -0.39 is 0 Å². The molecule has 0 unspecified atom stereocenters.